The Labute approximate surface area is 104 Å². The standard InChI is InChI=1S/C12H16BrNO2/c13-10-3-1-9(2-4-10)7-14-6-5-11(15)12(16)8-14/h1-4,11-12,15-16H,5-8H2/t11-,12+/m0/s1. The molecule has 1 aromatic carbocycles. The first-order chi connectivity index (χ1) is 7.65. The molecule has 0 amide bonds. The summed E-state index contributed by atoms with van der Waals surface area (Å²) in [7, 11) is 0. The minimum atomic E-state index is -0.607. The molecule has 0 spiro atoms. The first-order valence-electron chi connectivity index (χ1n) is 5.48. The van der Waals surface area contributed by atoms with Gasteiger partial charge in [-0.1, -0.05) is 28.1 Å². The molecular formula is C12H16BrNO2. The minimum Gasteiger partial charge on any atom is -0.390 e. The number of likely N-dealkylation sites (tertiary alicyclic amines) is 1. The molecule has 1 heterocycles. The van der Waals surface area contributed by atoms with E-state index in [1.165, 1.54) is 5.56 Å². The molecule has 2 N–H and O–H groups in total. The van der Waals surface area contributed by atoms with Crippen LogP contribution in [-0.4, -0.2) is 40.4 Å². The second-order valence-electron chi connectivity index (χ2n) is 4.28. The van der Waals surface area contributed by atoms with Gasteiger partial charge in [-0.3, -0.25) is 4.90 Å². The zero-order valence-electron chi connectivity index (χ0n) is 9.01. The van der Waals surface area contributed by atoms with Crippen LogP contribution in [0.4, 0.5) is 0 Å². The lowest BCUT2D eigenvalue weighted by Crippen LogP contribution is -2.46. The van der Waals surface area contributed by atoms with E-state index in [0.717, 1.165) is 17.6 Å². The van der Waals surface area contributed by atoms with Crippen molar-refractivity contribution in [3.63, 3.8) is 0 Å². The number of rotatable bonds is 2. The Morgan fingerprint density at radius 3 is 2.50 bits per heavy atom. The van der Waals surface area contributed by atoms with E-state index in [9.17, 15) is 10.2 Å². The lowest BCUT2D eigenvalue weighted by molar-refractivity contribution is -0.0403. The summed E-state index contributed by atoms with van der Waals surface area (Å²) in [5.74, 6) is 0. The molecule has 0 aliphatic carbocycles. The smallest absolute Gasteiger partial charge is 0.0926 e. The van der Waals surface area contributed by atoms with E-state index in [4.69, 9.17) is 0 Å². The van der Waals surface area contributed by atoms with Crippen LogP contribution in [0.3, 0.4) is 0 Å². The molecule has 0 bridgehead atoms. The summed E-state index contributed by atoms with van der Waals surface area (Å²) < 4.78 is 1.07. The van der Waals surface area contributed by atoms with Gasteiger partial charge in [-0.2, -0.15) is 0 Å². The lowest BCUT2D eigenvalue weighted by atomic mass is 10.0. The fourth-order valence-corrected chi connectivity index (χ4v) is 2.24. The van der Waals surface area contributed by atoms with Crippen molar-refractivity contribution in [1.82, 2.24) is 4.90 Å². The normalized spacial score (nSPS) is 26.9. The van der Waals surface area contributed by atoms with Crippen molar-refractivity contribution in [1.29, 1.82) is 0 Å². The molecule has 1 fully saturated rings. The molecule has 0 saturated carbocycles. The van der Waals surface area contributed by atoms with Crippen LogP contribution in [0.2, 0.25) is 0 Å². The molecule has 1 aliphatic heterocycles. The Kier molecular flexibility index (Phi) is 3.97. The number of piperidine rings is 1. The first-order valence-corrected chi connectivity index (χ1v) is 6.27. The molecule has 1 saturated heterocycles. The molecule has 4 heteroatoms. The molecule has 3 nitrogen and oxygen atoms in total. The highest BCUT2D eigenvalue weighted by atomic mass is 79.9. The quantitative estimate of drug-likeness (QED) is 0.863. The molecule has 0 radical (unpaired) electrons. The van der Waals surface area contributed by atoms with Crippen LogP contribution < -0.4 is 0 Å². The van der Waals surface area contributed by atoms with E-state index in [1.807, 2.05) is 12.1 Å². The first kappa shape index (κ1) is 12.0. The van der Waals surface area contributed by atoms with Crippen LogP contribution in [0.25, 0.3) is 0 Å². The SMILES string of the molecule is O[C@@H]1CN(Cc2ccc(Br)cc2)CC[C@@H]1O. The van der Waals surface area contributed by atoms with Crippen molar-refractivity contribution < 1.29 is 10.2 Å². The van der Waals surface area contributed by atoms with E-state index >= 15 is 0 Å². The Hall–Kier alpha value is -0.420. The summed E-state index contributed by atoms with van der Waals surface area (Å²) in [6.45, 7) is 2.22. The number of aliphatic hydroxyl groups is 2. The van der Waals surface area contributed by atoms with E-state index in [0.29, 0.717) is 13.0 Å². The highest BCUT2D eigenvalue weighted by molar-refractivity contribution is 9.10. The van der Waals surface area contributed by atoms with Gasteiger partial charge in [0.15, 0.2) is 0 Å². The van der Waals surface area contributed by atoms with E-state index in [2.05, 4.69) is 33.0 Å². The zero-order chi connectivity index (χ0) is 11.5. The van der Waals surface area contributed by atoms with Crippen molar-refractivity contribution in [2.45, 2.75) is 25.2 Å². The van der Waals surface area contributed by atoms with Gasteiger partial charge >= 0.3 is 0 Å². The minimum absolute atomic E-state index is 0.553. The second-order valence-corrected chi connectivity index (χ2v) is 5.20. The number of aliphatic hydroxyl groups excluding tert-OH is 2. The second kappa shape index (κ2) is 5.27. The number of halogens is 1. The topological polar surface area (TPSA) is 43.7 Å². The van der Waals surface area contributed by atoms with E-state index in [1.54, 1.807) is 0 Å². The van der Waals surface area contributed by atoms with Crippen LogP contribution in [0.1, 0.15) is 12.0 Å². The van der Waals surface area contributed by atoms with Gasteiger partial charge in [0.1, 0.15) is 0 Å². The molecule has 1 aromatic rings. The van der Waals surface area contributed by atoms with Crippen LogP contribution in [0.5, 0.6) is 0 Å². The predicted molar refractivity (Wildman–Crippen MR) is 66.0 cm³/mol. The summed E-state index contributed by atoms with van der Waals surface area (Å²) >= 11 is 3.40. The number of β-amino-alcohol motifs (C(OH)–C–C–N with tert-alkyl or cyclic N) is 1. The molecule has 0 unspecified atom stereocenters. The average molecular weight is 286 g/mol. The summed E-state index contributed by atoms with van der Waals surface area (Å²) in [6.07, 6.45) is -0.511. The van der Waals surface area contributed by atoms with Crippen molar-refractivity contribution in [2.24, 2.45) is 0 Å². The van der Waals surface area contributed by atoms with Crippen molar-refractivity contribution >= 4 is 15.9 Å². The predicted octanol–water partition coefficient (Wildman–Crippen LogP) is 1.38. The molecule has 2 atom stereocenters. The number of hydrogen-bond donors (Lipinski definition) is 2. The Morgan fingerprint density at radius 2 is 1.88 bits per heavy atom. The fraction of sp³-hybridized carbons (Fsp3) is 0.500. The maximum atomic E-state index is 9.57. The highest BCUT2D eigenvalue weighted by Gasteiger charge is 2.25. The van der Waals surface area contributed by atoms with Gasteiger partial charge in [-0.25, -0.2) is 0 Å². The maximum absolute atomic E-state index is 9.57. The molecule has 88 valence electrons. The third-order valence-electron chi connectivity index (χ3n) is 2.95. The third kappa shape index (κ3) is 3.04. The highest BCUT2D eigenvalue weighted by Crippen LogP contribution is 2.16. The summed E-state index contributed by atoms with van der Waals surface area (Å²) in [5, 5.41) is 19.0. The van der Waals surface area contributed by atoms with Crippen molar-refractivity contribution in [2.75, 3.05) is 13.1 Å². The van der Waals surface area contributed by atoms with Crippen molar-refractivity contribution in [3.05, 3.63) is 34.3 Å². The lowest BCUT2D eigenvalue weighted by Gasteiger charge is -2.33. The Morgan fingerprint density at radius 1 is 1.19 bits per heavy atom. The largest absolute Gasteiger partial charge is 0.390 e. The van der Waals surface area contributed by atoms with Gasteiger partial charge in [-0.05, 0) is 24.1 Å². The number of hydrogen-bond acceptors (Lipinski definition) is 3. The number of benzene rings is 1. The Bertz CT molecular complexity index is 341. The van der Waals surface area contributed by atoms with Gasteiger partial charge in [0, 0.05) is 24.1 Å². The third-order valence-corrected chi connectivity index (χ3v) is 3.48. The molecule has 16 heavy (non-hydrogen) atoms. The maximum Gasteiger partial charge on any atom is 0.0926 e. The number of nitrogens with zero attached hydrogens (tertiary/aromatic N) is 1. The summed E-state index contributed by atoms with van der Waals surface area (Å²) in [4.78, 5) is 2.17. The molecular weight excluding hydrogens is 270 g/mol. The molecule has 1 aliphatic rings. The van der Waals surface area contributed by atoms with Gasteiger partial charge in [0.05, 0.1) is 12.2 Å². The molecule has 2 rings (SSSR count). The van der Waals surface area contributed by atoms with Crippen molar-refractivity contribution in [3.8, 4) is 0 Å². The zero-order valence-corrected chi connectivity index (χ0v) is 10.6. The average Bonchev–Trinajstić information content (AvgIpc) is 2.27. The monoisotopic (exact) mass is 285 g/mol. The van der Waals surface area contributed by atoms with E-state index in [-0.39, 0.29) is 0 Å². The fourth-order valence-electron chi connectivity index (χ4n) is 1.98. The van der Waals surface area contributed by atoms with Gasteiger partial charge in [-0.15, -0.1) is 0 Å². The van der Waals surface area contributed by atoms with Gasteiger partial charge in [0.2, 0.25) is 0 Å². The van der Waals surface area contributed by atoms with Crippen LogP contribution in [0.15, 0.2) is 28.7 Å². The molecule has 0 aromatic heterocycles. The summed E-state index contributed by atoms with van der Waals surface area (Å²) in [6, 6.07) is 8.18. The van der Waals surface area contributed by atoms with Crippen LogP contribution in [0, 0.1) is 0 Å². The van der Waals surface area contributed by atoms with E-state index < -0.39 is 12.2 Å². The van der Waals surface area contributed by atoms with Gasteiger partial charge in [0.25, 0.3) is 0 Å². The Balaban J connectivity index is 1.93. The summed E-state index contributed by atoms with van der Waals surface area (Å²) in [5.41, 5.74) is 1.23. The van der Waals surface area contributed by atoms with Crippen LogP contribution >= 0.6 is 15.9 Å². The van der Waals surface area contributed by atoms with Crippen LogP contribution in [-0.2, 0) is 6.54 Å². The van der Waals surface area contributed by atoms with Gasteiger partial charge < -0.3 is 10.2 Å².